The second-order valence-corrected chi connectivity index (χ2v) is 23.2. The van der Waals surface area contributed by atoms with Crippen LogP contribution >= 0.6 is 0 Å². The molecule has 2 aliphatic carbocycles. The Morgan fingerprint density at radius 1 is 0.972 bits per heavy atom. The number of likely N-dealkylation sites (N-methyl/N-ethyl adjacent to an activating group) is 1. The molecule has 4 N–H and O–H groups in total. The fourth-order valence-electron chi connectivity index (χ4n) is 12.5. The highest BCUT2D eigenvalue weighted by atomic mass is 32.2. The highest BCUT2D eigenvalue weighted by molar-refractivity contribution is 7.90. The molecule has 3 aromatic carbocycles. The van der Waals surface area contributed by atoms with Gasteiger partial charge in [-0.3, -0.25) is 19.8 Å². The van der Waals surface area contributed by atoms with Gasteiger partial charge in [0.05, 0.1) is 39.3 Å². The molecule has 1 spiro atoms. The van der Waals surface area contributed by atoms with Crippen molar-refractivity contribution < 1.29 is 32.7 Å². The third kappa shape index (κ3) is 9.33. The summed E-state index contributed by atoms with van der Waals surface area (Å²) in [5.74, 6) is -0.301. The number of aromatic nitrogens is 2. The third-order valence-corrected chi connectivity index (χ3v) is 18.1. The van der Waals surface area contributed by atoms with Crippen LogP contribution in [-0.4, -0.2) is 127 Å². The molecule has 3 saturated heterocycles. The highest BCUT2D eigenvalue weighted by Crippen LogP contribution is 2.54. The number of ether oxygens (including phenoxy) is 2. The molecule has 3 atom stereocenters. The first-order chi connectivity index (χ1) is 34.1. The SMILES string of the molecule is Cc1ccccc1[C@@H]1CN(C)CCN1C1CC2(CCN(c3ccc(C(=O)NS(=O)(=O)c4ccc(NC[C@H]5CC[C@](C)(O)CC5)c([N+](=O)[O-])c4)c(N4c5cc6cc[nH]c6nc5O[C@H]5COCC[C@@H]54)c3)CC2)C1. The summed E-state index contributed by atoms with van der Waals surface area (Å²) in [6.45, 7) is 10.1. The number of nitrogens with one attached hydrogen (secondary N) is 3. The number of piperazine rings is 1. The number of sulfonamides is 1. The number of fused-ring (bicyclic) bond motifs is 3. The van der Waals surface area contributed by atoms with E-state index in [0.717, 1.165) is 75.5 Å². The predicted octanol–water partition coefficient (Wildman–Crippen LogP) is 7.68. The number of aromatic amines is 1. The largest absolute Gasteiger partial charge is 0.468 e. The summed E-state index contributed by atoms with van der Waals surface area (Å²) in [5.41, 5.74) is 4.94. The topological polar surface area (TPSA) is 199 Å². The number of anilines is 4. The van der Waals surface area contributed by atoms with Gasteiger partial charge in [-0.2, -0.15) is 4.98 Å². The molecule has 5 aromatic rings. The average molecular weight is 988 g/mol. The van der Waals surface area contributed by atoms with Gasteiger partial charge < -0.3 is 39.6 Å². The van der Waals surface area contributed by atoms with Crippen molar-refractivity contribution in [2.24, 2.45) is 11.3 Å². The number of rotatable bonds is 11. The van der Waals surface area contributed by atoms with Crippen LogP contribution in [0.1, 0.15) is 92.2 Å². The second-order valence-electron chi connectivity index (χ2n) is 21.5. The molecule has 4 aliphatic heterocycles. The Hall–Kier alpha value is -5.79. The molecule has 1 amide bonds. The number of aryl methyl sites for hydroxylation is 1. The zero-order chi connectivity index (χ0) is 49.2. The number of hydrogen-bond acceptors (Lipinski definition) is 14. The van der Waals surface area contributed by atoms with Crippen molar-refractivity contribution in [3.05, 3.63) is 106 Å². The van der Waals surface area contributed by atoms with Crippen molar-refractivity contribution in [1.82, 2.24) is 24.5 Å². The molecule has 18 heteroatoms. The van der Waals surface area contributed by atoms with Crippen LogP contribution in [0.4, 0.5) is 28.4 Å². The number of benzene rings is 3. The van der Waals surface area contributed by atoms with E-state index in [4.69, 9.17) is 14.5 Å². The van der Waals surface area contributed by atoms with Crippen molar-refractivity contribution in [3.8, 4) is 5.88 Å². The van der Waals surface area contributed by atoms with E-state index in [1.807, 2.05) is 37.4 Å². The number of nitrogens with zero attached hydrogens (tertiary/aromatic N) is 6. The van der Waals surface area contributed by atoms with E-state index in [1.54, 1.807) is 6.07 Å². The number of carbonyl (C=O) groups excluding carboxylic acids is 1. The Balaban J connectivity index is 0.867. The zero-order valence-corrected chi connectivity index (χ0v) is 41.6. The lowest BCUT2D eigenvalue weighted by Crippen LogP contribution is -2.59. The van der Waals surface area contributed by atoms with Crippen molar-refractivity contribution in [1.29, 1.82) is 0 Å². The van der Waals surface area contributed by atoms with Crippen LogP contribution in [0.25, 0.3) is 11.0 Å². The van der Waals surface area contributed by atoms with E-state index in [9.17, 15) is 28.4 Å². The highest BCUT2D eigenvalue weighted by Gasteiger charge is 2.50. The van der Waals surface area contributed by atoms with Crippen LogP contribution in [0.3, 0.4) is 0 Å². The van der Waals surface area contributed by atoms with E-state index >= 15 is 0 Å². The van der Waals surface area contributed by atoms with Gasteiger partial charge >= 0.3 is 0 Å². The smallest absolute Gasteiger partial charge is 0.293 e. The van der Waals surface area contributed by atoms with Crippen LogP contribution < -0.4 is 24.6 Å². The predicted molar refractivity (Wildman–Crippen MR) is 272 cm³/mol. The van der Waals surface area contributed by atoms with Crippen molar-refractivity contribution in [2.75, 3.05) is 74.6 Å². The van der Waals surface area contributed by atoms with E-state index in [0.29, 0.717) is 74.0 Å². The minimum Gasteiger partial charge on any atom is -0.468 e. The summed E-state index contributed by atoms with van der Waals surface area (Å²) in [4.78, 5) is 43.8. The first-order valence-electron chi connectivity index (χ1n) is 25.4. The molecule has 17 nitrogen and oxygen atoms in total. The zero-order valence-electron chi connectivity index (χ0n) is 40.8. The number of piperidine rings is 1. The molecule has 2 saturated carbocycles. The average Bonchev–Trinajstić information content (AvgIpc) is 3.81. The summed E-state index contributed by atoms with van der Waals surface area (Å²) in [5, 5.41) is 26.8. The molecule has 0 radical (unpaired) electrons. The van der Waals surface area contributed by atoms with Gasteiger partial charge in [0, 0.05) is 81.3 Å². The Kier molecular flexibility index (Phi) is 12.5. The van der Waals surface area contributed by atoms with Gasteiger partial charge in [0.2, 0.25) is 5.88 Å². The molecule has 376 valence electrons. The molecule has 0 unspecified atom stereocenters. The van der Waals surface area contributed by atoms with Gasteiger partial charge in [0.1, 0.15) is 23.1 Å². The third-order valence-electron chi connectivity index (χ3n) is 16.7. The number of amides is 1. The fraction of sp³-hybridized carbons (Fsp3) is 0.509. The maximum atomic E-state index is 14.7. The van der Waals surface area contributed by atoms with Gasteiger partial charge in [-0.1, -0.05) is 24.3 Å². The minimum absolute atomic E-state index is 0.120. The quantitative estimate of drug-likeness (QED) is 0.0743. The maximum absolute atomic E-state index is 14.7. The Morgan fingerprint density at radius 3 is 2.54 bits per heavy atom. The van der Waals surface area contributed by atoms with Gasteiger partial charge in [-0.25, -0.2) is 13.1 Å². The Labute approximate surface area is 415 Å². The molecular formula is C53H65N9O8S. The lowest BCUT2D eigenvalue weighted by Gasteiger charge is -2.58. The fourth-order valence-corrected chi connectivity index (χ4v) is 13.4. The van der Waals surface area contributed by atoms with E-state index in [1.165, 1.54) is 36.1 Å². The van der Waals surface area contributed by atoms with Crippen LogP contribution in [0.5, 0.6) is 5.88 Å². The Morgan fingerprint density at radius 2 is 1.76 bits per heavy atom. The first-order valence-corrected chi connectivity index (χ1v) is 26.8. The summed E-state index contributed by atoms with van der Waals surface area (Å²) in [6.07, 6.45) is 9.21. The molecule has 11 rings (SSSR count). The number of pyridine rings is 1. The van der Waals surface area contributed by atoms with E-state index in [2.05, 4.69) is 72.9 Å². The number of carbonyl (C=O) groups is 1. The summed E-state index contributed by atoms with van der Waals surface area (Å²) < 4.78 is 43.1. The normalized spacial score (nSPS) is 26.0. The number of nitro benzene ring substituents is 1. The standard InChI is InChI=1S/C53H65N9O8S/c1-34-6-4-5-7-40(34)47-32-58(3)23-24-60(47)38-29-53(30-38)18-21-59(22-19-53)37-8-10-41(44(27-37)61-43-15-25-69-33-48(43)70-51-46(61)26-36-14-20-54-49(36)56-51)50(63)57-71(67,68)39-9-11-42(45(28-39)62(65)66)55-31-35-12-16-52(2,64)17-13-35/h4-11,14,20,26-28,35,38,43,47-48,55,64H,12-13,15-19,21-25,29-33H2,1-3H3,(H,54,56)(H,57,63)/t35-,43-,47-,48-,52-/m0/s1. The van der Waals surface area contributed by atoms with Gasteiger partial charge in [-0.05, 0) is 144 Å². The molecule has 2 aromatic heterocycles. The van der Waals surface area contributed by atoms with Gasteiger partial charge in [0.15, 0.2) is 0 Å². The van der Waals surface area contributed by atoms with Crippen LogP contribution in [-0.2, 0) is 14.8 Å². The molecular weight excluding hydrogens is 923 g/mol. The lowest BCUT2D eigenvalue weighted by molar-refractivity contribution is -0.384. The molecule has 6 aliphatic rings. The minimum atomic E-state index is -4.61. The second kappa shape index (κ2) is 18.7. The number of hydrogen-bond donors (Lipinski definition) is 4. The lowest BCUT2D eigenvalue weighted by atomic mass is 9.59. The number of nitro groups is 1. The Bertz CT molecular complexity index is 2940. The van der Waals surface area contributed by atoms with Crippen LogP contribution in [0.15, 0.2) is 83.9 Å². The summed E-state index contributed by atoms with van der Waals surface area (Å²) >= 11 is 0. The van der Waals surface area contributed by atoms with Gasteiger partial charge in [0.25, 0.3) is 21.6 Å². The van der Waals surface area contributed by atoms with E-state index < -0.39 is 43.1 Å². The summed E-state index contributed by atoms with van der Waals surface area (Å²) in [6, 6.07) is 22.6. The van der Waals surface area contributed by atoms with Gasteiger partial charge in [-0.15, -0.1) is 0 Å². The summed E-state index contributed by atoms with van der Waals surface area (Å²) in [7, 11) is -2.39. The van der Waals surface area contributed by atoms with Crippen LogP contribution in [0.2, 0.25) is 0 Å². The number of aliphatic hydroxyl groups is 1. The molecule has 6 heterocycles. The van der Waals surface area contributed by atoms with Crippen molar-refractivity contribution in [3.63, 3.8) is 0 Å². The number of H-pyrrole nitrogens is 1. The molecule has 71 heavy (non-hydrogen) atoms. The van der Waals surface area contributed by atoms with Crippen molar-refractivity contribution >= 4 is 55.4 Å². The maximum Gasteiger partial charge on any atom is 0.293 e. The van der Waals surface area contributed by atoms with Crippen molar-refractivity contribution in [2.45, 2.75) is 106 Å². The monoisotopic (exact) mass is 987 g/mol. The van der Waals surface area contributed by atoms with Crippen LogP contribution in [0, 0.1) is 28.4 Å². The molecule has 5 fully saturated rings. The van der Waals surface area contributed by atoms with E-state index in [-0.39, 0.29) is 28.6 Å². The first kappa shape index (κ1) is 47.5. The molecule has 0 bridgehead atoms.